The van der Waals surface area contributed by atoms with Gasteiger partial charge in [0.2, 0.25) is 0 Å². The lowest BCUT2D eigenvalue weighted by atomic mass is 9.94. The molecule has 1 aromatic rings. The van der Waals surface area contributed by atoms with Gasteiger partial charge < -0.3 is 5.11 Å². The van der Waals surface area contributed by atoms with Crippen LogP contribution in [0.25, 0.3) is 0 Å². The normalized spacial score (nSPS) is 17.9. The number of carboxylic acids is 1. The Morgan fingerprint density at radius 3 is 2.27 bits per heavy atom. The molecule has 0 bridgehead atoms. The zero-order chi connectivity index (χ0) is 16.3. The van der Waals surface area contributed by atoms with E-state index in [1.165, 1.54) is 24.3 Å². The maximum Gasteiger partial charge on any atom is 0.306 e. The smallest absolute Gasteiger partial charge is 0.306 e. The van der Waals surface area contributed by atoms with E-state index in [0.717, 1.165) is 0 Å². The van der Waals surface area contributed by atoms with Crippen molar-refractivity contribution in [2.75, 3.05) is 13.1 Å². The lowest BCUT2D eigenvalue weighted by Crippen LogP contribution is -2.45. The van der Waals surface area contributed by atoms with Crippen LogP contribution in [0.2, 0.25) is 0 Å². The number of hydrogen-bond acceptors (Lipinski definition) is 5. The molecule has 1 aliphatic rings. The Kier molecular flexibility index (Phi) is 4.87. The van der Waals surface area contributed by atoms with Crippen LogP contribution in [0.4, 0.5) is 5.69 Å². The SMILES string of the molecule is CC(C(=O)c1ccc([N+](=O)[O-])cc1)N1CCC(C(=O)O)CC1. The number of nitrogens with zero attached hydrogens (tertiary/aromatic N) is 2. The molecule has 1 N–H and O–H groups in total. The maximum atomic E-state index is 12.4. The van der Waals surface area contributed by atoms with E-state index in [2.05, 4.69) is 0 Å². The van der Waals surface area contributed by atoms with Gasteiger partial charge in [-0.15, -0.1) is 0 Å². The van der Waals surface area contributed by atoms with E-state index in [4.69, 9.17) is 5.11 Å². The summed E-state index contributed by atoms with van der Waals surface area (Å²) in [5.74, 6) is -1.23. The maximum absolute atomic E-state index is 12.4. The fourth-order valence-corrected chi connectivity index (χ4v) is 2.69. The van der Waals surface area contributed by atoms with Gasteiger partial charge in [-0.3, -0.25) is 24.6 Å². The summed E-state index contributed by atoms with van der Waals surface area (Å²) in [6, 6.07) is 5.19. The standard InChI is InChI=1S/C15H18N2O5/c1-10(16-8-6-12(7-9-16)15(19)20)14(18)11-2-4-13(5-3-11)17(21)22/h2-5,10,12H,6-9H2,1H3,(H,19,20). The molecule has 118 valence electrons. The Bertz CT molecular complexity index is 576. The second-order valence-electron chi connectivity index (χ2n) is 5.49. The average Bonchev–Trinajstić information content (AvgIpc) is 2.53. The number of piperidine rings is 1. The minimum absolute atomic E-state index is 0.0496. The van der Waals surface area contributed by atoms with Gasteiger partial charge in [-0.25, -0.2) is 0 Å². The minimum Gasteiger partial charge on any atom is -0.481 e. The zero-order valence-corrected chi connectivity index (χ0v) is 12.3. The molecule has 0 saturated carbocycles. The highest BCUT2D eigenvalue weighted by Crippen LogP contribution is 2.21. The lowest BCUT2D eigenvalue weighted by Gasteiger charge is -2.33. The van der Waals surface area contributed by atoms with E-state index in [0.29, 0.717) is 31.5 Å². The van der Waals surface area contributed by atoms with Gasteiger partial charge in [0.25, 0.3) is 5.69 Å². The fourth-order valence-electron chi connectivity index (χ4n) is 2.69. The molecule has 1 atom stereocenters. The molecule has 1 aromatic carbocycles. The number of nitro groups is 1. The van der Waals surface area contributed by atoms with E-state index in [9.17, 15) is 19.7 Å². The second-order valence-corrected chi connectivity index (χ2v) is 5.49. The number of aliphatic carboxylic acids is 1. The molecule has 0 aromatic heterocycles. The van der Waals surface area contributed by atoms with Crippen LogP contribution in [-0.4, -0.2) is 45.8 Å². The number of rotatable bonds is 5. The van der Waals surface area contributed by atoms with Gasteiger partial charge in [-0.2, -0.15) is 0 Å². The van der Waals surface area contributed by atoms with E-state index >= 15 is 0 Å². The molecule has 0 radical (unpaired) electrons. The Hall–Kier alpha value is -2.28. The van der Waals surface area contributed by atoms with Crippen LogP contribution in [0.3, 0.4) is 0 Å². The molecule has 7 nitrogen and oxygen atoms in total. The Balaban J connectivity index is 2.00. The molecule has 1 aliphatic heterocycles. The number of carboxylic acid groups (broad SMARTS) is 1. The van der Waals surface area contributed by atoms with Crippen molar-refractivity contribution in [3.05, 3.63) is 39.9 Å². The first-order chi connectivity index (χ1) is 10.4. The highest BCUT2D eigenvalue weighted by atomic mass is 16.6. The van der Waals surface area contributed by atoms with Crippen molar-refractivity contribution in [1.82, 2.24) is 4.90 Å². The summed E-state index contributed by atoms with van der Waals surface area (Å²) in [5.41, 5.74) is 0.380. The number of carbonyl (C=O) groups is 2. The molecule has 22 heavy (non-hydrogen) atoms. The van der Waals surface area contributed by atoms with Gasteiger partial charge in [0.1, 0.15) is 0 Å². The van der Waals surface area contributed by atoms with Gasteiger partial charge in [0.05, 0.1) is 16.9 Å². The topological polar surface area (TPSA) is 101 Å². The fraction of sp³-hybridized carbons (Fsp3) is 0.467. The van der Waals surface area contributed by atoms with E-state index in [1.54, 1.807) is 6.92 Å². The number of ketones is 1. The van der Waals surface area contributed by atoms with Crippen LogP contribution in [-0.2, 0) is 4.79 Å². The molecule has 2 rings (SSSR count). The highest BCUT2D eigenvalue weighted by Gasteiger charge is 2.30. The molecule has 0 amide bonds. The van der Waals surface area contributed by atoms with Crippen molar-refractivity contribution >= 4 is 17.4 Å². The van der Waals surface area contributed by atoms with Gasteiger partial charge in [0.15, 0.2) is 5.78 Å². The number of hydrogen-bond donors (Lipinski definition) is 1. The van der Waals surface area contributed by atoms with E-state index < -0.39 is 10.9 Å². The summed E-state index contributed by atoms with van der Waals surface area (Å²) in [5, 5.41) is 19.6. The highest BCUT2D eigenvalue weighted by molar-refractivity contribution is 6.00. The van der Waals surface area contributed by atoms with Crippen LogP contribution < -0.4 is 0 Å². The monoisotopic (exact) mass is 306 g/mol. The molecule has 1 unspecified atom stereocenters. The lowest BCUT2D eigenvalue weighted by molar-refractivity contribution is -0.384. The van der Waals surface area contributed by atoms with Gasteiger partial charge in [-0.05, 0) is 45.0 Å². The summed E-state index contributed by atoms with van der Waals surface area (Å²) in [7, 11) is 0. The number of carbonyl (C=O) groups excluding carboxylic acids is 1. The third-order valence-electron chi connectivity index (χ3n) is 4.17. The number of Topliss-reactive ketones (excluding diaryl/α,β-unsaturated/α-hetero) is 1. The van der Waals surface area contributed by atoms with Crippen molar-refractivity contribution in [3.63, 3.8) is 0 Å². The largest absolute Gasteiger partial charge is 0.481 e. The quantitative estimate of drug-likeness (QED) is 0.507. The third-order valence-corrected chi connectivity index (χ3v) is 4.17. The Morgan fingerprint density at radius 1 is 1.27 bits per heavy atom. The predicted octanol–water partition coefficient (Wildman–Crippen LogP) is 1.96. The van der Waals surface area contributed by atoms with E-state index in [-0.39, 0.29) is 23.4 Å². The molecule has 1 fully saturated rings. The number of likely N-dealkylation sites (tertiary alicyclic amines) is 1. The molecular weight excluding hydrogens is 288 g/mol. The van der Waals surface area contributed by atoms with Crippen molar-refractivity contribution in [1.29, 1.82) is 0 Å². The summed E-state index contributed by atoms with van der Waals surface area (Å²) >= 11 is 0. The number of benzene rings is 1. The van der Waals surface area contributed by atoms with Crippen molar-refractivity contribution in [2.24, 2.45) is 5.92 Å². The van der Waals surface area contributed by atoms with Crippen LogP contribution in [0.15, 0.2) is 24.3 Å². The minimum atomic E-state index is -0.783. The van der Waals surface area contributed by atoms with Gasteiger partial charge in [-0.1, -0.05) is 0 Å². The van der Waals surface area contributed by atoms with Gasteiger partial charge in [0, 0.05) is 17.7 Å². The molecule has 1 saturated heterocycles. The summed E-state index contributed by atoms with van der Waals surface area (Å²) < 4.78 is 0. The van der Waals surface area contributed by atoms with Crippen molar-refractivity contribution < 1.29 is 19.6 Å². The first-order valence-corrected chi connectivity index (χ1v) is 7.15. The number of nitro benzene ring substituents is 1. The number of non-ortho nitro benzene ring substituents is 1. The summed E-state index contributed by atoms with van der Waals surface area (Å²) in [6.07, 6.45) is 1.07. The zero-order valence-electron chi connectivity index (χ0n) is 12.3. The molecular formula is C15H18N2O5. The Labute approximate surface area is 127 Å². The van der Waals surface area contributed by atoms with Crippen LogP contribution in [0.5, 0.6) is 0 Å². The average molecular weight is 306 g/mol. The first kappa shape index (κ1) is 16.1. The van der Waals surface area contributed by atoms with Crippen molar-refractivity contribution in [2.45, 2.75) is 25.8 Å². The summed E-state index contributed by atoms with van der Waals surface area (Å²) in [4.78, 5) is 35.4. The molecule has 0 spiro atoms. The first-order valence-electron chi connectivity index (χ1n) is 7.15. The van der Waals surface area contributed by atoms with Crippen LogP contribution >= 0.6 is 0 Å². The predicted molar refractivity (Wildman–Crippen MR) is 78.8 cm³/mol. The van der Waals surface area contributed by atoms with E-state index in [1.807, 2.05) is 4.90 Å². The molecule has 0 aliphatic carbocycles. The van der Waals surface area contributed by atoms with Crippen LogP contribution in [0, 0.1) is 16.0 Å². The Morgan fingerprint density at radius 2 is 1.82 bits per heavy atom. The second kappa shape index (κ2) is 6.65. The molecule has 7 heteroatoms. The van der Waals surface area contributed by atoms with Crippen LogP contribution in [0.1, 0.15) is 30.1 Å². The third kappa shape index (κ3) is 3.48. The molecule has 1 heterocycles. The van der Waals surface area contributed by atoms with Crippen molar-refractivity contribution in [3.8, 4) is 0 Å². The van der Waals surface area contributed by atoms with Gasteiger partial charge >= 0.3 is 5.97 Å². The summed E-state index contributed by atoms with van der Waals surface area (Å²) in [6.45, 7) is 2.92.